The molecule has 0 radical (unpaired) electrons. The number of aromatic nitrogens is 2. The van der Waals surface area contributed by atoms with Crippen molar-refractivity contribution in [3.63, 3.8) is 0 Å². The van der Waals surface area contributed by atoms with E-state index >= 15 is 0 Å². The second-order valence-electron chi connectivity index (χ2n) is 6.29. The van der Waals surface area contributed by atoms with Crippen LogP contribution in [0.15, 0.2) is 65.4 Å². The topological polar surface area (TPSA) is 51.0 Å². The summed E-state index contributed by atoms with van der Waals surface area (Å²) in [5.74, 6) is -0.254. The van der Waals surface area contributed by atoms with E-state index in [0.717, 1.165) is 33.4 Å². The summed E-state index contributed by atoms with van der Waals surface area (Å²) in [7, 11) is 0. The Morgan fingerprint density at radius 3 is 2.62 bits per heavy atom. The Kier molecular flexibility index (Phi) is 4.46. The molecule has 4 aromatic rings. The fourth-order valence-electron chi connectivity index (χ4n) is 2.99. The molecule has 5 heteroatoms. The van der Waals surface area contributed by atoms with Crippen molar-refractivity contribution in [2.75, 3.05) is 0 Å². The minimum absolute atomic E-state index is 0.254. The van der Waals surface area contributed by atoms with Gasteiger partial charge in [-0.2, -0.15) is 0 Å². The lowest BCUT2D eigenvalue weighted by molar-refractivity contribution is 0.408. The second kappa shape index (κ2) is 7.06. The van der Waals surface area contributed by atoms with Crippen molar-refractivity contribution in [3.8, 4) is 11.3 Å². The first-order chi connectivity index (χ1) is 12.7. The summed E-state index contributed by atoms with van der Waals surface area (Å²) in [6.45, 7) is 3.29. The number of rotatable bonds is 5. The molecule has 0 spiro atoms. The van der Waals surface area contributed by atoms with E-state index in [0.29, 0.717) is 13.1 Å². The molecule has 4 rings (SSSR count). The number of halogens is 1. The number of pyridine rings is 1. The van der Waals surface area contributed by atoms with Crippen molar-refractivity contribution in [2.45, 2.75) is 20.0 Å². The summed E-state index contributed by atoms with van der Waals surface area (Å²) in [4.78, 5) is 4.84. The van der Waals surface area contributed by atoms with Crippen LogP contribution in [-0.2, 0) is 13.1 Å². The maximum absolute atomic E-state index is 13.3. The van der Waals surface area contributed by atoms with E-state index in [-0.39, 0.29) is 5.82 Å². The molecule has 1 N–H and O–H groups in total. The van der Waals surface area contributed by atoms with E-state index in [1.165, 1.54) is 17.7 Å². The normalized spacial score (nSPS) is 11.2. The molecule has 0 aliphatic rings. The van der Waals surface area contributed by atoms with Gasteiger partial charge >= 0.3 is 0 Å². The lowest BCUT2D eigenvalue weighted by Gasteiger charge is -2.12. The van der Waals surface area contributed by atoms with Crippen LogP contribution in [0.4, 0.5) is 4.39 Å². The van der Waals surface area contributed by atoms with Gasteiger partial charge in [-0.1, -0.05) is 16.8 Å². The summed E-state index contributed by atoms with van der Waals surface area (Å²) in [6, 6.07) is 16.6. The smallest absolute Gasteiger partial charge is 0.124 e. The standard InChI is InChI=1S/C21H18FN3O/c1-14-2-7-20-16(10-14)11-17(12-23-13-19-8-9-26-25-19)21(24-20)15-3-5-18(22)6-4-15/h2-11,23H,12-13H2,1H3. The van der Waals surface area contributed by atoms with E-state index in [4.69, 9.17) is 9.51 Å². The lowest BCUT2D eigenvalue weighted by atomic mass is 10.0. The van der Waals surface area contributed by atoms with Crippen molar-refractivity contribution in [1.29, 1.82) is 0 Å². The van der Waals surface area contributed by atoms with E-state index in [2.05, 4.69) is 29.5 Å². The maximum Gasteiger partial charge on any atom is 0.124 e. The van der Waals surface area contributed by atoms with Crippen LogP contribution >= 0.6 is 0 Å². The average Bonchev–Trinajstić information content (AvgIpc) is 3.15. The zero-order valence-electron chi connectivity index (χ0n) is 14.4. The Morgan fingerprint density at radius 1 is 1.00 bits per heavy atom. The van der Waals surface area contributed by atoms with Crippen molar-refractivity contribution in [3.05, 3.63) is 83.5 Å². The number of nitrogens with one attached hydrogen (secondary N) is 1. The van der Waals surface area contributed by atoms with E-state index in [1.54, 1.807) is 18.4 Å². The van der Waals surface area contributed by atoms with Crippen LogP contribution in [0.1, 0.15) is 16.8 Å². The largest absolute Gasteiger partial charge is 0.364 e. The molecule has 0 saturated carbocycles. The van der Waals surface area contributed by atoms with Gasteiger partial charge in [-0.05, 0) is 55.0 Å². The number of hydrogen-bond acceptors (Lipinski definition) is 4. The number of hydrogen-bond donors (Lipinski definition) is 1. The molecule has 0 unspecified atom stereocenters. The molecular weight excluding hydrogens is 329 g/mol. The molecule has 2 aromatic heterocycles. The third-order valence-electron chi connectivity index (χ3n) is 4.28. The molecule has 130 valence electrons. The molecule has 0 fully saturated rings. The highest BCUT2D eigenvalue weighted by Gasteiger charge is 2.10. The van der Waals surface area contributed by atoms with Crippen LogP contribution < -0.4 is 5.32 Å². The highest BCUT2D eigenvalue weighted by Crippen LogP contribution is 2.26. The maximum atomic E-state index is 13.3. The molecule has 26 heavy (non-hydrogen) atoms. The van der Waals surface area contributed by atoms with Gasteiger partial charge in [0, 0.05) is 30.1 Å². The van der Waals surface area contributed by atoms with Gasteiger partial charge in [-0.15, -0.1) is 0 Å². The monoisotopic (exact) mass is 347 g/mol. The Labute approximate surface area is 150 Å². The molecule has 2 heterocycles. The lowest BCUT2D eigenvalue weighted by Crippen LogP contribution is -2.14. The van der Waals surface area contributed by atoms with Gasteiger partial charge in [0.15, 0.2) is 0 Å². The van der Waals surface area contributed by atoms with Crippen molar-refractivity contribution in [2.24, 2.45) is 0 Å². The Morgan fingerprint density at radius 2 is 1.85 bits per heavy atom. The number of nitrogens with zero attached hydrogens (tertiary/aromatic N) is 2. The fraction of sp³-hybridized carbons (Fsp3) is 0.143. The van der Waals surface area contributed by atoms with Gasteiger partial charge in [0.1, 0.15) is 12.1 Å². The molecule has 0 amide bonds. The molecule has 0 aliphatic carbocycles. The van der Waals surface area contributed by atoms with Crippen molar-refractivity contribution >= 4 is 10.9 Å². The van der Waals surface area contributed by atoms with Gasteiger partial charge in [-0.25, -0.2) is 9.37 Å². The van der Waals surface area contributed by atoms with Crippen LogP contribution in [0.3, 0.4) is 0 Å². The number of fused-ring (bicyclic) bond motifs is 1. The van der Waals surface area contributed by atoms with Gasteiger partial charge in [-0.3, -0.25) is 0 Å². The van der Waals surface area contributed by atoms with Gasteiger partial charge in [0.05, 0.1) is 16.9 Å². The van der Waals surface area contributed by atoms with Crippen LogP contribution in [-0.4, -0.2) is 10.1 Å². The first kappa shape index (κ1) is 16.4. The second-order valence-corrected chi connectivity index (χ2v) is 6.29. The predicted molar refractivity (Wildman–Crippen MR) is 98.9 cm³/mol. The molecule has 0 atom stereocenters. The van der Waals surface area contributed by atoms with Gasteiger partial charge in [0.25, 0.3) is 0 Å². The molecule has 0 saturated heterocycles. The molecule has 0 aliphatic heterocycles. The average molecular weight is 347 g/mol. The highest BCUT2D eigenvalue weighted by atomic mass is 19.1. The fourth-order valence-corrected chi connectivity index (χ4v) is 2.99. The third kappa shape index (κ3) is 3.48. The Hall–Kier alpha value is -3.05. The molecule has 4 nitrogen and oxygen atoms in total. The van der Waals surface area contributed by atoms with Crippen molar-refractivity contribution < 1.29 is 8.91 Å². The van der Waals surface area contributed by atoms with Crippen LogP contribution in [0, 0.1) is 12.7 Å². The van der Waals surface area contributed by atoms with Crippen LogP contribution in [0.5, 0.6) is 0 Å². The number of aryl methyl sites for hydroxylation is 1. The first-order valence-corrected chi connectivity index (χ1v) is 8.45. The summed E-state index contributed by atoms with van der Waals surface area (Å²) < 4.78 is 18.2. The summed E-state index contributed by atoms with van der Waals surface area (Å²) in [5.41, 5.74) is 5.77. The zero-order valence-corrected chi connectivity index (χ0v) is 14.4. The highest BCUT2D eigenvalue weighted by molar-refractivity contribution is 5.84. The van der Waals surface area contributed by atoms with Gasteiger partial charge in [0.2, 0.25) is 0 Å². The van der Waals surface area contributed by atoms with Crippen LogP contribution in [0.25, 0.3) is 22.2 Å². The SMILES string of the molecule is Cc1ccc2nc(-c3ccc(F)cc3)c(CNCc3ccon3)cc2c1. The minimum atomic E-state index is -0.254. The Balaban J connectivity index is 1.71. The molecular formula is C21H18FN3O. The first-order valence-electron chi connectivity index (χ1n) is 8.45. The third-order valence-corrected chi connectivity index (χ3v) is 4.28. The summed E-state index contributed by atoms with van der Waals surface area (Å²) >= 11 is 0. The van der Waals surface area contributed by atoms with Crippen LogP contribution in [0.2, 0.25) is 0 Å². The van der Waals surface area contributed by atoms with Crippen molar-refractivity contribution in [1.82, 2.24) is 15.5 Å². The Bertz CT molecular complexity index is 1030. The van der Waals surface area contributed by atoms with E-state index < -0.39 is 0 Å². The molecule has 2 aromatic carbocycles. The summed E-state index contributed by atoms with van der Waals surface area (Å²) in [6.07, 6.45) is 1.56. The molecule has 0 bridgehead atoms. The van der Waals surface area contributed by atoms with E-state index in [9.17, 15) is 4.39 Å². The quantitative estimate of drug-likeness (QED) is 0.572. The zero-order chi connectivity index (χ0) is 17.9. The predicted octanol–water partition coefficient (Wildman–Crippen LogP) is 4.63. The minimum Gasteiger partial charge on any atom is -0.364 e. The summed E-state index contributed by atoms with van der Waals surface area (Å²) in [5, 5.41) is 8.36. The van der Waals surface area contributed by atoms with Gasteiger partial charge < -0.3 is 9.84 Å². The van der Waals surface area contributed by atoms with E-state index in [1.807, 2.05) is 18.2 Å². The number of benzene rings is 2.